The minimum atomic E-state index is -1.19. The van der Waals surface area contributed by atoms with Crippen molar-refractivity contribution in [3.8, 4) is 28.2 Å². The molecule has 2 aromatic heterocycles. The lowest BCUT2D eigenvalue weighted by molar-refractivity contribution is -0.0542. The molecule has 1 unspecified atom stereocenters. The first-order chi connectivity index (χ1) is 30.2. The number of rotatable bonds is 20. The number of carbonyl (C=O) groups is 1. The molecule has 2 atom stereocenters. The molecular weight excluding hydrogens is 841 g/mol. The van der Waals surface area contributed by atoms with E-state index in [9.17, 15) is 44.1 Å². The minimum Gasteiger partial charge on any atom is -0.508 e. The molecule has 20 heteroatoms. The Hall–Kier alpha value is -6.71. The molecule has 19 nitrogen and oxygen atoms in total. The van der Waals surface area contributed by atoms with Gasteiger partial charge in [-0.05, 0) is 73.9 Å². The van der Waals surface area contributed by atoms with Gasteiger partial charge in [0.15, 0.2) is 10.5 Å². The summed E-state index contributed by atoms with van der Waals surface area (Å²) in [5.74, 6) is -1.02. The van der Waals surface area contributed by atoms with E-state index in [-0.39, 0.29) is 92.4 Å². The molecule has 7 N–H and O–H groups in total. The van der Waals surface area contributed by atoms with Crippen LogP contribution in [0.3, 0.4) is 0 Å². The van der Waals surface area contributed by atoms with Crippen LogP contribution < -0.4 is 38.6 Å². The topological polar surface area (TPSA) is 269 Å². The molecule has 1 aliphatic carbocycles. The van der Waals surface area contributed by atoms with E-state index in [0.717, 1.165) is 0 Å². The van der Waals surface area contributed by atoms with Crippen LogP contribution in [-0.4, -0.2) is 97.3 Å². The monoisotopic (exact) mass is 886 g/mol. The molecule has 2 aromatic carbocycles. The van der Waals surface area contributed by atoms with Crippen molar-refractivity contribution in [2.75, 3.05) is 39.6 Å². The Morgan fingerprint density at radius 1 is 0.841 bits per heavy atom. The number of aliphatic hydroxyl groups is 1. The molecule has 2 aliphatic rings. The minimum absolute atomic E-state index is 0.00386. The van der Waals surface area contributed by atoms with E-state index < -0.39 is 40.7 Å². The highest BCUT2D eigenvalue weighted by atomic mass is 32.1. The molecule has 3 heterocycles. The fourth-order valence-corrected chi connectivity index (χ4v) is 7.00. The van der Waals surface area contributed by atoms with Gasteiger partial charge >= 0.3 is 17.3 Å². The highest BCUT2D eigenvalue weighted by Crippen LogP contribution is 2.42. The van der Waals surface area contributed by atoms with Gasteiger partial charge in [-0.2, -0.15) is 0 Å². The van der Waals surface area contributed by atoms with Crippen molar-refractivity contribution >= 4 is 34.3 Å². The van der Waals surface area contributed by atoms with Crippen molar-refractivity contribution < 1.29 is 38.7 Å². The number of carboxylic acid groups (broad SMARTS) is 1. The summed E-state index contributed by atoms with van der Waals surface area (Å²) in [4.78, 5) is 78.0. The number of aromatic amines is 2. The molecule has 0 radical (unpaired) electrons. The first-order valence-electron chi connectivity index (χ1n) is 19.8. The van der Waals surface area contributed by atoms with Crippen LogP contribution in [0, 0.1) is 13.8 Å². The van der Waals surface area contributed by atoms with Gasteiger partial charge in [0.25, 0.3) is 11.1 Å². The third kappa shape index (κ3) is 11.8. The second-order valence-electron chi connectivity index (χ2n) is 14.6. The highest BCUT2D eigenvalue weighted by molar-refractivity contribution is 7.80. The molecule has 0 bridgehead atoms. The number of carboxylic acids is 1. The number of aryl methyl sites for hydroxylation is 3. The molecule has 0 amide bonds. The van der Waals surface area contributed by atoms with Crippen molar-refractivity contribution in [1.82, 2.24) is 29.7 Å². The number of aromatic hydroxyl groups is 1. The summed E-state index contributed by atoms with van der Waals surface area (Å²) in [5, 5.41) is 36.7. The summed E-state index contributed by atoms with van der Waals surface area (Å²) in [5.41, 5.74) is 0.492. The number of aliphatic hydroxyl groups excluding tert-OH is 1. The third-order valence-corrected chi connectivity index (χ3v) is 10.3. The molecule has 0 fully saturated rings. The van der Waals surface area contributed by atoms with Crippen LogP contribution in [0.1, 0.15) is 33.5 Å². The molecule has 6 rings (SSSR count). The van der Waals surface area contributed by atoms with Crippen LogP contribution in [0.25, 0.3) is 33.4 Å². The summed E-state index contributed by atoms with van der Waals surface area (Å²) in [6.07, 6.45) is 2.02. The number of fused-ring (bicyclic) bond motifs is 2. The number of nitrogens with one attached hydrogen (secondary N) is 4. The van der Waals surface area contributed by atoms with Gasteiger partial charge in [0.1, 0.15) is 17.1 Å². The Morgan fingerprint density at radius 3 is 2.27 bits per heavy atom. The maximum atomic E-state index is 12.7. The van der Waals surface area contributed by atoms with Crippen molar-refractivity contribution in [2.45, 2.75) is 52.1 Å². The lowest BCUT2D eigenvalue weighted by Crippen LogP contribution is -2.41. The fourth-order valence-electron chi connectivity index (χ4n) is 6.84. The summed E-state index contributed by atoms with van der Waals surface area (Å²) >= 11 is 5.56. The maximum absolute atomic E-state index is 12.7. The predicted molar refractivity (Wildman–Crippen MR) is 235 cm³/mol. The van der Waals surface area contributed by atoms with Crippen molar-refractivity contribution in [1.29, 1.82) is 0 Å². The van der Waals surface area contributed by atoms with E-state index in [0.29, 0.717) is 45.2 Å². The zero-order valence-corrected chi connectivity index (χ0v) is 35.1. The van der Waals surface area contributed by atoms with Gasteiger partial charge < -0.3 is 49.1 Å². The number of H-pyrrole nitrogens is 2. The molecule has 0 spiro atoms. The Morgan fingerprint density at radius 2 is 1.54 bits per heavy atom. The van der Waals surface area contributed by atoms with E-state index >= 15 is 0 Å². The molecule has 0 saturated heterocycles. The average Bonchev–Trinajstić information content (AvgIpc) is 3.24. The predicted octanol–water partition coefficient (Wildman–Crippen LogP) is 1.82. The molecular formula is C43H46N6O13S. The van der Waals surface area contributed by atoms with Gasteiger partial charge in [0.05, 0.1) is 57.4 Å². The van der Waals surface area contributed by atoms with Gasteiger partial charge in [0, 0.05) is 71.8 Å². The summed E-state index contributed by atoms with van der Waals surface area (Å²) in [6.45, 7) is 3.69. The Balaban J connectivity index is 1.10. The zero-order chi connectivity index (χ0) is 45.2. The van der Waals surface area contributed by atoms with E-state index in [1.165, 1.54) is 51.9 Å². The number of ether oxygens (including phenoxy) is 3. The molecule has 4 aromatic rings. The highest BCUT2D eigenvalue weighted by Gasteiger charge is 2.23. The fraction of sp³-hybridized carbons (Fsp3) is 0.326. The van der Waals surface area contributed by atoms with Gasteiger partial charge in [-0.25, -0.2) is 14.4 Å². The Labute approximate surface area is 362 Å². The lowest BCUT2D eigenvalue weighted by Gasteiger charge is -2.22. The van der Waals surface area contributed by atoms with Crippen LogP contribution in [0.5, 0.6) is 5.75 Å². The first-order valence-corrected chi connectivity index (χ1v) is 20.2. The van der Waals surface area contributed by atoms with E-state index in [4.69, 9.17) is 30.8 Å². The van der Waals surface area contributed by atoms with E-state index in [1.54, 1.807) is 38.1 Å². The van der Waals surface area contributed by atoms with E-state index in [2.05, 4.69) is 20.6 Å². The summed E-state index contributed by atoms with van der Waals surface area (Å²) in [7, 11) is 0. The van der Waals surface area contributed by atoms with Crippen LogP contribution in [0.15, 0.2) is 95.4 Å². The van der Waals surface area contributed by atoms with Crippen LogP contribution in [-0.2, 0) is 33.8 Å². The second-order valence-corrected chi connectivity index (χ2v) is 15.0. The number of hydrogen-bond acceptors (Lipinski definition) is 13. The smallest absolute Gasteiger partial charge is 0.336 e. The number of thiocarbonyl (C=S) groups is 1. The number of nitrogens with zero attached hydrogens (tertiary/aromatic N) is 2. The van der Waals surface area contributed by atoms with Crippen molar-refractivity contribution in [3.63, 3.8) is 0 Å². The Bertz CT molecular complexity index is 2880. The Kier molecular flexibility index (Phi) is 15.2. The number of phenolic OH excluding ortho intramolecular Hbond substituents is 1. The number of benzene rings is 3. The second kappa shape index (κ2) is 20.9. The van der Waals surface area contributed by atoms with Crippen LogP contribution >= 0.6 is 12.2 Å². The van der Waals surface area contributed by atoms with Gasteiger partial charge in [0.2, 0.25) is 0 Å². The quantitative estimate of drug-likeness (QED) is 0.0327. The maximum Gasteiger partial charge on any atom is 0.336 e. The third-order valence-electron chi connectivity index (χ3n) is 10.0. The van der Waals surface area contributed by atoms with Crippen molar-refractivity contribution in [3.05, 3.63) is 141 Å². The van der Waals surface area contributed by atoms with Gasteiger partial charge in [-0.1, -0.05) is 12.1 Å². The molecule has 0 saturated carbocycles. The molecule has 63 heavy (non-hydrogen) atoms. The zero-order valence-electron chi connectivity index (χ0n) is 34.3. The van der Waals surface area contributed by atoms with E-state index in [1.807, 2.05) is 0 Å². The largest absolute Gasteiger partial charge is 0.508 e. The first kappa shape index (κ1) is 45.8. The van der Waals surface area contributed by atoms with Crippen LogP contribution in [0.2, 0.25) is 0 Å². The molecule has 332 valence electrons. The number of phenols is 1. The standard InChI is InChI=1S/C43H46N6O13S/c1-24-20-48(42(57)46-38(24)53)10-9-29(61-14-13-59-23-30(60-12-11-50)22-49-21-25(2)39(54)47-43(49)58)19-45-41(63)44-18-26-3-6-31(34(15-26)40(55)56)37-32-7-4-27(51)16-35(32)62-36-17-28(52)5-8-33(36)37/h3-8,15-17,20-21,29-30,50-51H,9-14,18-19,22-23H2,1-2H3,(H,55,56)(H2,44,45,63)(H,46,53,57)(H,47,54,58)/t29?,30-/m0/s1. The SMILES string of the molecule is Cc1cn(CCC(CNC(=S)NCc2ccc(-c3c4ccc(=O)cc-4oc4cc(O)ccc34)c(C(=O)O)c2)OCCOC[C@H](Cn2cc(C)c(=O)[nH]c2=O)OCCO)c(=O)[nH]c1=O. The lowest BCUT2D eigenvalue weighted by atomic mass is 9.90. The molecule has 1 aliphatic heterocycles. The van der Waals surface area contributed by atoms with Crippen LogP contribution in [0.4, 0.5) is 0 Å². The summed E-state index contributed by atoms with van der Waals surface area (Å²) in [6, 6.07) is 13.7. The average molecular weight is 887 g/mol. The number of aromatic carboxylic acids is 1. The summed E-state index contributed by atoms with van der Waals surface area (Å²) < 4.78 is 26.2. The van der Waals surface area contributed by atoms with Gasteiger partial charge in [-0.15, -0.1) is 0 Å². The van der Waals surface area contributed by atoms with Gasteiger partial charge in [-0.3, -0.25) is 28.9 Å². The number of hydrogen-bond donors (Lipinski definition) is 7. The number of aromatic nitrogens is 4. The normalized spacial score (nSPS) is 12.4. The van der Waals surface area contributed by atoms with Crippen molar-refractivity contribution in [2.24, 2.45) is 0 Å².